The van der Waals surface area contributed by atoms with Crippen LogP contribution in [0.15, 0.2) is 51.2 Å². The van der Waals surface area contributed by atoms with E-state index in [9.17, 15) is 26.4 Å². The molecule has 2 heterocycles. The van der Waals surface area contributed by atoms with E-state index < -0.39 is 41.4 Å². The third kappa shape index (κ3) is 4.48. The van der Waals surface area contributed by atoms with Gasteiger partial charge in [0, 0.05) is 5.56 Å². The summed E-state index contributed by atoms with van der Waals surface area (Å²) in [5, 5.41) is 0. The van der Waals surface area contributed by atoms with Gasteiger partial charge in [-0.3, -0.25) is 4.79 Å². The van der Waals surface area contributed by atoms with Gasteiger partial charge >= 0.3 is 5.97 Å². The lowest BCUT2D eigenvalue weighted by Gasteiger charge is -2.15. The first kappa shape index (κ1) is 26.9. The molecule has 2 aromatic carbocycles. The van der Waals surface area contributed by atoms with E-state index in [2.05, 4.69) is 9.73 Å². The zero-order chi connectivity index (χ0) is 27.3. The number of esters is 1. The fourth-order valence-corrected chi connectivity index (χ4v) is 6.10. The van der Waals surface area contributed by atoms with Gasteiger partial charge in [-0.05, 0) is 64.1 Å². The number of fused-ring (bicyclic) bond motifs is 2. The van der Waals surface area contributed by atoms with Gasteiger partial charge in [0.2, 0.25) is 29.5 Å². The van der Waals surface area contributed by atoms with Crippen LogP contribution in [-0.2, 0) is 24.4 Å². The minimum absolute atomic E-state index is 0.0328. The molecule has 4 rings (SSSR count). The first-order chi connectivity index (χ1) is 16.4. The third-order valence-electron chi connectivity index (χ3n) is 5.37. The zero-order valence-corrected chi connectivity index (χ0v) is 21.7. The van der Waals surface area contributed by atoms with Crippen LogP contribution >= 0.6 is 0 Å². The standard InChI is InChI=1S/C11H13N3O4S.C11H12O5S/c1-11(2)18-7-4-3-6(9(15)14-10(12)13)5-8(7)19(11,16)17;1-11(2)16-8-5-4-7(10(12)15-3)6-9(8)17(11,13)14/h3-5H,1-2H3,(H4,12,13,14,15);4-6H,1-3H3. The maximum absolute atomic E-state index is 12.2. The van der Waals surface area contributed by atoms with Crippen LogP contribution in [0.5, 0.6) is 11.5 Å². The number of hydrogen-bond donors (Lipinski definition) is 2. The van der Waals surface area contributed by atoms with Gasteiger partial charge in [0.05, 0.1) is 12.7 Å². The summed E-state index contributed by atoms with van der Waals surface area (Å²) in [6.07, 6.45) is 0. The van der Waals surface area contributed by atoms with Gasteiger partial charge in [0.15, 0.2) is 5.96 Å². The monoisotopic (exact) mass is 539 g/mol. The average Bonchev–Trinajstić information content (AvgIpc) is 3.07. The molecule has 2 aliphatic rings. The van der Waals surface area contributed by atoms with Crippen LogP contribution in [0.3, 0.4) is 0 Å². The summed E-state index contributed by atoms with van der Waals surface area (Å²) in [7, 11) is -5.99. The summed E-state index contributed by atoms with van der Waals surface area (Å²) in [6, 6.07) is 8.26. The SMILES string of the molecule is CC1(C)Oc2ccc(C(=O)N=C(N)N)cc2S1(=O)=O.COC(=O)c1ccc2c(c1)S(=O)(=O)C(C)(C)O2. The summed E-state index contributed by atoms with van der Waals surface area (Å²) in [6.45, 7) is 5.83. The number of rotatable bonds is 2. The lowest BCUT2D eigenvalue weighted by molar-refractivity contribution is 0.0600. The maximum Gasteiger partial charge on any atom is 0.337 e. The van der Waals surface area contributed by atoms with Crippen molar-refractivity contribution in [1.29, 1.82) is 0 Å². The lowest BCUT2D eigenvalue weighted by Crippen LogP contribution is -2.32. The van der Waals surface area contributed by atoms with Crippen molar-refractivity contribution in [3.8, 4) is 11.5 Å². The van der Waals surface area contributed by atoms with E-state index in [1.807, 2.05) is 0 Å². The van der Waals surface area contributed by atoms with Gasteiger partial charge in [-0.1, -0.05) is 0 Å². The van der Waals surface area contributed by atoms with E-state index >= 15 is 0 Å². The van der Waals surface area contributed by atoms with Gasteiger partial charge in [0.1, 0.15) is 21.3 Å². The van der Waals surface area contributed by atoms with Crippen molar-refractivity contribution in [3.05, 3.63) is 47.5 Å². The Hall–Kier alpha value is -3.65. The molecule has 0 atom stereocenters. The fraction of sp³-hybridized carbons (Fsp3) is 0.318. The molecule has 1 amide bonds. The van der Waals surface area contributed by atoms with Crippen LogP contribution in [0, 0.1) is 0 Å². The number of sulfone groups is 2. The normalized spacial score (nSPS) is 18.7. The molecule has 4 N–H and O–H groups in total. The van der Waals surface area contributed by atoms with Crippen LogP contribution in [0.4, 0.5) is 0 Å². The highest BCUT2D eigenvalue weighted by atomic mass is 32.2. The number of carbonyl (C=O) groups is 2. The molecular weight excluding hydrogens is 514 g/mol. The topological polar surface area (TPSA) is 195 Å². The molecule has 0 radical (unpaired) electrons. The number of nitrogens with two attached hydrogens (primary N) is 2. The van der Waals surface area contributed by atoms with Crippen molar-refractivity contribution >= 4 is 37.5 Å². The Kier molecular flexibility index (Phi) is 6.57. The molecular formula is C22H25N3O9S2. The predicted molar refractivity (Wildman–Crippen MR) is 128 cm³/mol. The number of nitrogens with zero attached hydrogens (tertiary/aromatic N) is 1. The van der Waals surface area contributed by atoms with E-state index in [1.165, 1.54) is 71.2 Å². The maximum atomic E-state index is 12.2. The summed E-state index contributed by atoms with van der Waals surface area (Å²) in [5.41, 5.74) is 10.5. The number of benzene rings is 2. The van der Waals surface area contributed by atoms with Gasteiger partial charge in [0.25, 0.3) is 5.91 Å². The Labute approximate surface area is 208 Å². The number of amides is 1. The van der Waals surface area contributed by atoms with Crippen LogP contribution in [0.25, 0.3) is 0 Å². The molecule has 194 valence electrons. The molecule has 36 heavy (non-hydrogen) atoms. The van der Waals surface area contributed by atoms with Crippen molar-refractivity contribution in [2.45, 2.75) is 47.4 Å². The molecule has 2 aliphatic heterocycles. The highest BCUT2D eigenvalue weighted by Gasteiger charge is 2.47. The Morgan fingerprint density at radius 2 is 1.22 bits per heavy atom. The highest BCUT2D eigenvalue weighted by Crippen LogP contribution is 2.43. The van der Waals surface area contributed by atoms with Crippen molar-refractivity contribution in [1.82, 2.24) is 0 Å². The number of hydrogen-bond acceptors (Lipinski definition) is 9. The highest BCUT2D eigenvalue weighted by molar-refractivity contribution is 7.93. The first-order valence-corrected chi connectivity index (χ1v) is 13.3. The Bertz CT molecular complexity index is 1510. The molecule has 0 bridgehead atoms. The Balaban J connectivity index is 0.000000202. The Morgan fingerprint density at radius 1 is 0.806 bits per heavy atom. The fourth-order valence-electron chi connectivity index (χ4n) is 3.33. The molecule has 0 spiro atoms. The summed E-state index contributed by atoms with van der Waals surface area (Å²) in [5.74, 6) is -1.19. The lowest BCUT2D eigenvalue weighted by atomic mass is 10.2. The molecule has 0 aromatic heterocycles. The largest absolute Gasteiger partial charge is 0.470 e. The summed E-state index contributed by atoms with van der Waals surface area (Å²) < 4.78 is 63.8. The van der Waals surface area contributed by atoms with Crippen molar-refractivity contribution in [3.63, 3.8) is 0 Å². The molecule has 0 unspecified atom stereocenters. The molecule has 0 saturated carbocycles. The second kappa shape index (κ2) is 8.78. The summed E-state index contributed by atoms with van der Waals surface area (Å²) in [4.78, 5) is 23.7. The quantitative estimate of drug-likeness (QED) is 0.318. The number of ether oxygens (including phenoxy) is 3. The average molecular weight is 540 g/mol. The van der Waals surface area contributed by atoms with E-state index in [-0.39, 0.29) is 38.4 Å². The van der Waals surface area contributed by atoms with E-state index in [4.69, 9.17) is 20.9 Å². The molecule has 0 saturated heterocycles. The number of carbonyl (C=O) groups excluding carboxylic acids is 2. The van der Waals surface area contributed by atoms with Crippen LogP contribution in [0.2, 0.25) is 0 Å². The van der Waals surface area contributed by atoms with Crippen LogP contribution in [-0.4, -0.2) is 51.6 Å². The summed E-state index contributed by atoms with van der Waals surface area (Å²) >= 11 is 0. The molecule has 12 nitrogen and oxygen atoms in total. The van der Waals surface area contributed by atoms with Gasteiger partial charge in [-0.15, -0.1) is 0 Å². The predicted octanol–water partition coefficient (Wildman–Crippen LogP) is 1.38. The molecule has 0 fully saturated rings. The van der Waals surface area contributed by atoms with E-state index in [0.29, 0.717) is 0 Å². The number of guanidine groups is 1. The van der Waals surface area contributed by atoms with E-state index in [1.54, 1.807) is 0 Å². The third-order valence-corrected chi connectivity index (χ3v) is 9.92. The van der Waals surface area contributed by atoms with Crippen molar-refractivity contribution in [2.75, 3.05) is 7.11 Å². The van der Waals surface area contributed by atoms with Gasteiger partial charge in [-0.25, -0.2) is 21.6 Å². The minimum Gasteiger partial charge on any atom is -0.470 e. The molecule has 2 aromatic rings. The number of aliphatic imine (C=N–C) groups is 1. The second-order valence-corrected chi connectivity index (χ2v) is 13.5. The van der Waals surface area contributed by atoms with Gasteiger partial charge in [-0.2, -0.15) is 4.99 Å². The Morgan fingerprint density at radius 3 is 1.64 bits per heavy atom. The van der Waals surface area contributed by atoms with E-state index in [0.717, 1.165) is 0 Å². The zero-order valence-electron chi connectivity index (χ0n) is 20.1. The van der Waals surface area contributed by atoms with Crippen molar-refractivity contribution in [2.24, 2.45) is 16.5 Å². The smallest absolute Gasteiger partial charge is 0.337 e. The van der Waals surface area contributed by atoms with Crippen LogP contribution < -0.4 is 20.9 Å². The minimum atomic E-state index is -3.65. The molecule has 0 aliphatic carbocycles. The number of methoxy groups -OCH3 is 1. The second-order valence-electron chi connectivity index (χ2n) is 8.67. The van der Waals surface area contributed by atoms with Crippen LogP contribution in [0.1, 0.15) is 48.4 Å². The van der Waals surface area contributed by atoms with Crippen molar-refractivity contribution < 1.29 is 40.6 Å². The first-order valence-electron chi connectivity index (χ1n) is 10.3. The van der Waals surface area contributed by atoms with Gasteiger partial charge < -0.3 is 25.7 Å². The molecule has 14 heteroatoms.